The van der Waals surface area contributed by atoms with Gasteiger partial charge in [0.1, 0.15) is 0 Å². The number of aromatic nitrogens is 2. The summed E-state index contributed by atoms with van der Waals surface area (Å²) in [7, 11) is 5.79. The first-order valence-electron chi connectivity index (χ1n) is 7.37. The first-order chi connectivity index (χ1) is 11.0. The van der Waals surface area contributed by atoms with E-state index in [4.69, 9.17) is 11.6 Å². The Labute approximate surface area is 141 Å². The van der Waals surface area contributed by atoms with Crippen molar-refractivity contribution in [2.24, 2.45) is 7.05 Å². The molecule has 0 bridgehead atoms. The second kappa shape index (κ2) is 7.99. The molecule has 0 fully saturated rings. The molecule has 2 rings (SSSR count). The minimum Gasteiger partial charge on any atom is -0.333 e. The van der Waals surface area contributed by atoms with E-state index in [0.29, 0.717) is 18.1 Å². The second-order valence-corrected chi connectivity index (χ2v) is 6.08. The van der Waals surface area contributed by atoms with Gasteiger partial charge in [0.05, 0.1) is 18.3 Å². The van der Waals surface area contributed by atoms with Crippen molar-refractivity contribution in [3.8, 4) is 0 Å². The minimum absolute atomic E-state index is 0.117. The highest BCUT2D eigenvalue weighted by molar-refractivity contribution is 6.30. The molecule has 0 unspecified atom stereocenters. The summed E-state index contributed by atoms with van der Waals surface area (Å²) in [5.74, 6) is 0. The van der Waals surface area contributed by atoms with Crippen LogP contribution in [0.4, 0.5) is 4.79 Å². The zero-order valence-electron chi connectivity index (χ0n) is 13.6. The molecule has 0 radical (unpaired) electrons. The number of urea groups is 1. The van der Waals surface area contributed by atoms with Crippen LogP contribution in [0.2, 0.25) is 5.02 Å². The van der Waals surface area contributed by atoms with Crippen molar-refractivity contribution in [3.63, 3.8) is 0 Å². The fourth-order valence-corrected chi connectivity index (χ4v) is 2.38. The molecule has 124 valence electrons. The number of carbonyl (C=O) groups is 1. The molecule has 23 heavy (non-hydrogen) atoms. The summed E-state index contributed by atoms with van der Waals surface area (Å²) in [5, 5.41) is 10.6. The van der Waals surface area contributed by atoms with Crippen molar-refractivity contribution in [2.45, 2.75) is 12.6 Å². The molecular weight excluding hydrogens is 314 g/mol. The normalized spacial score (nSPS) is 12.2. The van der Waals surface area contributed by atoms with Crippen LogP contribution >= 0.6 is 11.6 Å². The molecule has 2 N–H and O–H groups in total. The molecule has 0 aliphatic rings. The molecule has 0 saturated heterocycles. The zero-order valence-corrected chi connectivity index (χ0v) is 14.3. The number of carbonyl (C=O) groups excluding carboxylic acids is 1. The summed E-state index contributed by atoms with van der Waals surface area (Å²) < 4.78 is 1.73. The average molecular weight is 336 g/mol. The van der Waals surface area contributed by atoms with Crippen LogP contribution in [-0.4, -0.2) is 41.4 Å². The van der Waals surface area contributed by atoms with E-state index in [1.807, 2.05) is 56.4 Å². The molecule has 2 aromatic rings. The molecule has 1 aromatic carbocycles. The number of amides is 2. The van der Waals surface area contributed by atoms with Gasteiger partial charge in [0.2, 0.25) is 0 Å². The lowest BCUT2D eigenvalue weighted by Crippen LogP contribution is -2.41. The third-order valence-corrected chi connectivity index (χ3v) is 3.73. The lowest BCUT2D eigenvalue weighted by Gasteiger charge is -2.23. The van der Waals surface area contributed by atoms with Crippen molar-refractivity contribution in [1.82, 2.24) is 25.3 Å². The van der Waals surface area contributed by atoms with Crippen molar-refractivity contribution >= 4 is 17.6 Å². The summed E-state index contributed by atoms with van der Waals surface area (Å²) in [6, 6.07) is 9.05. The standard InChI is InChI=1S/C16H22ClN5O/c1-21(2)11-15(12-4-6-13(17)7-5-12)20-16(23)18-10-14-8-9-19-22(14)3/h4-9,15H,10-11H2,1-3H3,(H2,18,20,23)/t15-/m0/s1. The molecule has 2 amide bonds. The second-order valence-electron chi connectivity index (χ2n) is 5.64. The quantitative estimate of drug-likeness (QED) is 0.850. The third-order valence-electron chi connectivity index (χ3n) is 3.48. The van der Waals surface area contributed by atoms with Crippen molar-refractivity contribution in [3.05, 3.63) is 52.8 Å². The fourth-order valence-electron chi connectivity index (χ4n) is 2.25. The summed E-state index contributed by atoms with van der Waals surface area (Å²) in [6.45, 7) is 1.12. The van der Waals surface area contributed by atoms with Gasteiger partial charge in [0.25, 0.3) is 0 Å². The lowest BCUT2D eigenvalue weighted by atomic mass is 10.1. The number of likely N-dealkylation sites (N-methyl/N-ethyl adjacent to an activating group) is 1. The van der Waals surface area contributed by atoms with Crippen LogP contribution in [0, 0.1) is 0 Å². The van der Waals surface area contributed by atoms with Gasteiger partial charge < -0.3 is 15.5 Å². The van der Waals surface area contributed by atoms with Gasteiger partial charge in [0.15, 0.2) is 0 Å². The van der Waals surface area contributed by atoms with E-state index in [9.17, 15) is 4.79 Å². The Morgan fingerprint density at radius 1 is 1.30 bits per heavy atom. The molecule has 7 heteroatoms. The van der Waals surface area contributed by atoms with E-state index < -0.39 is 0 Å². The highest BCUT2D eigenvalue weighted by atomic mass is 35.5. The van der Waals surface area contributed by atoms with Gasteiger partial charge >= 0.3 is 6.03 Å². The van der Waals surface area contributed by atoms with Gasteiger partial charge in [-0.25, -0.2) is 4.79 Å². The maximum absolute atomic E-state index is 12.2. The Kier molecular flexibility index (Phi) is 6.01. The summed E-state index contributed by atoms with van der Waals surface area (Å²) in [6.07, 6.45) is 1.71. The molecule has 6 nitrogen and oxygen atoms in total. The van der Waals surface area contributed by atoms with Crippen LogP contribution in [0.25, 0.3) is 0 Å². The maximum Gasteiger partial charge on any atom is 0.315 e. The van der Waals surface area contributed by atoms with Gasteiger partial charge in [-0.05, 0) is 37.9 Å². The summed E-state index contributed by atoms with van der Waals surface area (Å²) in [5.41, 5.74) is 1.95. The highest BCUT2D eigenvalue weighted by Crippen LogP contribution is 2.17. The number of hydrogen-bond donors (Lipinski definition) is 2. The predicted octanol–water partition coefficient (Wildman–Crippen LogP) is 2.18. The number of hydrogen-bond acceptors (Lipinski definition) is 3. The Morgan fingerprint density at radius 3 is 2.57 bits per heavy atom. The largest absolute Gasteiger partial charge is 0.333 e. The summed E-state index contributed by atoms with van der Waals surface area (Å²) >= 11 is 5.93. The van der Waals surface area contributed by atoms with Crippen LogP contribution in [0.1, 0.15) is 17.3 Å². The topological polar surface area (TPSA) is 62.2 Å². The van der Waals surface area contributed by atoms with Crippen LogP contribution in [0.5, 0.6) is 0 Å². The number of aryl methyl sites for hydroxylation is 1. The zero-order chi connectivity index (χ0) is 16.8. The number of rotatable bonds is 6. The molecule has 0 aliphatic heterocycles. The smallest absolute Gasteiger partial charge is 0.315 e. The maximum atomic E-state index is 12.2. The molecule has 0 spiro atoms. The van der Waals surface area contributed by atoms with Crippen molar-refractivity contribution in [2.75, 3.05) is 20.6 Å². The van der Waals surface area contributed by atoms with Crippen LogP contribution in [0.15, 0.2) is 36.5 Å². The van der Waals surface area contributed by atoms with E-state index in [1.165, 1.54) is 0 Å². The molecule has 0 saturated carbocycles. The minimum atomic E-state index is -0.215. The van der Waals surface area contributed by atoms with Gasteiger partial charge in [0, 0.05) is 24.8 Å². The van der Waals surface area contributed by atoms with E-state index >= 15 is 0 Å². The third kappa shape index (κ3) is 5.26. The molecule has 1 atom stereocenters. The van der Waals surface area contributed by atoms with Crippen molar-refractivity contribution < 1.29 is 4.79 Å². The number of halogens is 1. The van der Waals surface area contributed by atoms with Crippen LogP contribution in [0.3, 0.4) is 0 Å². The van der Waals surface area contributed by atoms with E-state index in [0.717, 1.165) is 11.3 Å². The lowest BCUT2D eigenvalue weighted by molar-refractivity contribution is 0.232. The SMILES string of the molecule is CN(C)C[C@H](NC(=O)NCc1ccnn1C)c1ccc(Cl)cc1. The Hall–Kier alpha value is -2.05. The van der Waals surface area contributed by atoms with Gasteiger partial charge in [-0.1, -0.05) is 23.7 Å². The van der Waals surface area contributed by atoms with Crippen LogP contribution in [-0.2, 0) is 13.6 Å². The predicted molar refractivity (Wildman–Crippen MR) is 91.3 cm³/mol. The molecule has 0 aliphatic carbocycles. The summed E-state index contributed by atoms with van der Waals surface area (Å²) in [4.78, 5) is 14.2. The molecule has 1 aromatic heterocycles. The van der Waals surface area contributed by atoms with Gasteiger partial charge in [-0.15, -0.1) is 0 Å². The number of benzene rings is 1. The van der Waals surface area contributed by atoms with Crippen LogP contribution < -0.4 is 10.6 Å². The monoisotopic (exact) mass is 335 g/mol. The Bertz CT molecular complexity index is 638. The highest BCUT2D eigenvalue weighted by Gasteiger charge is 2.15. The first kappa shape index (κ1) is 17.3. The first-order valence-corrected chi connectivity index (χ1v) is 7.75. The van der Waals surface area contributed by atoms with E-state index in [1.54, 1.807) is 10.9 Å². The van der Waals surface area contributed by atoms with Gasteiger partial charge in [-0.2, -0.15) is 5.10 Å². The molecular formula is C16H22ClN5O. The van der Waals surface area contributed by atoms with E-state index in [2.05, 4.69) is 15.7 Å². The Morgan fingerprint density at radius 2 is 2.00 bits per heavy atom. The van der Waals surface area contributed by atoms with E-state index in [-0.39, 0.29) is 12.1 Å². The molecule has 1 heterocycles. The fraction of sp³-hybridized carbons (Fsp3) is 0.375. The van der Waals surface area contributed by atoms with Gasteiger partial charge in [-0.3, -0.25) is 4.68 Å². The number of nitrogens with zero attached hydrogens (tertiary/aromatic N) is 3. The average Bonchev–Trinajstić information content (AvgIpc) is 2.90. The van der Waals surface area contributed by atoms with Crippen molar-refractivity contribution in [1.29, 1.82) is 0 Å². The number of nitrogens with one attached hydrogen (secondary N) is 2. The Balaban J connectivity index is 1.98.